The fraction of sp³-hybridized carbons (Fsp3) is 0.611. The molecule has 0 radical (unpaired) electrons. The Balaban J connectivity index is 2.14. The van der Waals surface area contributed by atoms with E-state index in [0.29, 0.717) is 6.04 Å². The first kappa shape index (κ1) is 16.7. The zero-order chi connectivity index (χ0) is 16.0. The topological polar surface area (TPSA) is 45.7 Å². The van der Waals surface area contributed by atoms with Crippen molar-refractivity contribution in [3.63, 3.8) is 0 Å². The van der Waals surface area contributed by atoms with Crippen LogP contribution >= 0.6 is 0 Å². The zero-order valence-corrected chi connectivity index (χ0v) is 14.3. The van der Waals surface area contributed by atoms with Gasteiger partial charge in [-0.25, -0.2) is 0 Å². The van der Waals surface area contributed by atoms with Gasteiger partial charge in [-0.15, -0.1) is 0 Å². The van der Waals surface area contributed by atoms with Crippen LogP contribution in [0.4, 0.5) is 0 Å². The number of guanidine groups is 1. The number of benzene rings is 1. The third-order valence-electron chi connectivity index (χ3n) is 4.49. The molecule has 0 spiro atoms. The fourth-order valence-corrected chi connectivity index (χ4v) is 3.29. The third kappa shape index (κ3) is 3.93. The first-order valence-corrected chi connectivity index (χ1v) is 8.21. The summed E-state index contributed by atoms with van der Waals surface area (Å²) >= 11 is 0. The summed E-state index contributed by atoms with van der Waals surface area (Å²) in [5.41, 5.74) is 1.56. The number of nitrogens with zero attached hydrogens (tertiary/aromatic N) is 1. The molecule has 0 bridgehead atoms. The highest BCUT2D eigenvalue weighted by Gasteiger charge is 2.36. The van der Waals surface area contributed by atoms with E-state index in [1.165, 1.54) is 31.2 Å². The molecule has 1 aromatic carbocycles. The second-order valence-corrected chi connectivity index (χ2v) is 6.44. The van der Waals surface area contributed by atoms with Gasteiger partial charge in [0.15, 0.2) is 5.96 Å². The Morgan fingerprint density at radius 1 is 1.32 bits per heavy atom. The number of methoxy groups -OCH3 is 1. The summed E-state index contributed by atoms with van der Waals surface area (Å²) in [6.07, 6.45) is 5.00. The van der Waals surface area contributed by atoms with E-state index in [-0.39, 0.29) is 5.41 Å². The molecule has 0 saturated heterocycles. The minimum atomic E-state index is 0.184. The average Bonchev–Trinajstić information content (AvgIpc) is 3.01. The molecule has 2 rings (SSSR count). The van der Waals surface area contributed by atoms with Gasteiger partial charge in [-0.3, -0.25) is 4.99 Å². The molecule has 1 fully saturated rings. The maximum Gasteiger partial charge on any atom is 0.191 e. The van der Waals surface area contributed by atoms with Crippen LogP contribution in [-0.2, 0) is 5.41 Å². The highest BCUT2D eigenvalue weighted by molar-refractivity contribution is 5.80. The van der Waals surface area contributed by atoms with Gasteiger partial charge < -0.3 is 15.4 Å². The highest BCUT2D eigenvalue weighted by Crippen LogP contribution is 2.41. The number of hydrogen-bond acceptors (Lipinski definition) is 2. The Hall–Kier alpha value is -1.71. The minimum Gasteiger partial charge on any atom is -0.497 e. The second kappa shape index (κ2) is 7.52. The van der Waals surface area contributed by atoms with E-state index in [9.17, 15) is 0 Å². The molecule has 0 aromatic heterocycles. The van der Waals surface area contributed by atoms with Crippen LogP contribution in [0.1, 0.15) is 45.1 Å². The third-order valence-corrected chi connectivity index (χ3v) is 4.49. The van der Waals surface area contributed by atoms with Gasteiger partial charge in [-0.2, -0.15) is 0 Å². The Morgan fingerprint density at radius 3 is 2.64 bits per heavy atom. The van der Waals surface area contributed by atoms with Gasteiger partial charge in [0.1, 0.15) is 5.75 Å². The smallest absolute Gasteiger partial charge is 0.191 e. The molecule has 0 amide bonds. The number of aliphatic imine (C=N–C) groups is 1. The normalized spacial score (nSPS) is 17.6. The summed E-state index contributed by atoms with van der Waals surface area (Å²) < 4.78 is 5.40. The number of ether oxygens (including phenoxy) is 1. The van der Waals surface area contributed by atoms with E-state index in [1.807, 2.05) is 13.1 Å². The van der Waals surface area contributed by atoms with Crippen molar-refractivity contribution in [2.75, 3.05) is 20.7 Å². The maximum absolute atomic E-state index is 5.40. The molecule has 1 aliphatic rings. The first-order chi connectivity index (χ1) is 10.6. The standard InChI is InChI=1S/C18H29N3O/c1-14(2)21-17(19-3)20-13-18(10-5-6-11-18)15-8-7-9-16(12-15)22-4/h7-9,12,14H,5-6,10-11,13H2,1-4H3,(H2,19,20,21). The molecule has 1 aliphatic carbocycles. The molecule has 4 nitrogen and oxygen atoms in total. The summed E-state index contributed by atoms with van der Waals surface area (Å²) in [4.78, 5) is 4.32. The van der Waals surface area contributed by atoms with Crippen molar-refractivity contribution >= 4 is 5.96 Å². The van der Waals surface area contributed by atoms with Gasteiger partial charge in [-0.05, 0) is 44.4 Å². The van der Waals surface area contributed by atoms with Crippen LogP contribution < -0.4 is 15.4 Å². The molecule has 0 atom stereocenters. The van der Waals surface area contributed by atoms with Gasteiger partial charge in [0, 0.05) is 25.0 Å². The van der Waals surface area contributed by atoms with Crippen LogP contribution in [0.2, 0.25) is 0 Å². The first-order valence-electron chi connectivity index (χ1n) is 8.21. The molecule has 4 heteroatoms. The summed E-state index contributed by atoms with van der Waals surface area (Å²) in [5.74, 6) is 1.82. The molecular formula is C18H29N3O. The van der Waals surface area contributed by atoms with Crippen molar-refractivity contribution < 1.29 is 4.74 Å². The van der Waals surface area contributed by atoms with Gasteiger partial charge >= 0.3 is 0 Å². The van der Waals surface area contributed by atoms with Crippen molar-refractivity contribution in [1.29, 1.82) is 0 Å². The van der Waals surface area contributed by atoms with Crippen molar-refractivity contribution in [1.82, 2.24) is 10.6 Å². The lowest BCUT2D eigenvalue weighted by atomic mass is 9.78. The lowest BCUT2D eigenvalue weighted by Crippen LogP contribution is -2.46. The van der Waals surface area contributed by atoms with Crippen LogP contribution in [-0.4, -0.2) is 32.7 Å². The van der Waals surface area contributed by atoms with Crippen molar-refractivity contribution in [3.8, 4) is 5.75 Å². The maximum atomic E-state index is 5.40. The molecule has 22 heavy (non-hydrogen) atoms. The predicted molar refractivity (Wildman–Crippen MR) is 92.8 cm³/mol. The summed E-state index contributed by atoms with van der Waals surface area (Å²) in [7, 11) is 3.55. The quantitative estimate of drug-likeness (QED) is 0.649. The summed E-state index contributed by atoms with van der Waals surface area (Å²) in [6, 6.07) is 8.90. The number of hydrogen-bond donors (Lipinski definition) is 2. The average molecular weight is 303 g/mol. The van der Waals surface area contributed by atoms with Gasteiger partial charge in [-0.1, -0.05) is 25.0 Å². The monoisotopic (exact) mass is 303 g/mol. The Kier molecular flexibility index (Phi) is 5.69. The SMILES string of the molecule is CN=C(NCC1(c2cccc(OC)c2)CCCC1)NC(C)C. The van der Waals surface area contributed by atoms with E-state index in [4.69, 9.17) is 4.74 Å². The molecule has 122 valence electrons. The van der Waals surface area contributed by atoms with E-state index >= 15 is 0 Å². The predicted octanol–water partition coefficient (Wildman–Crippen LogP) is 3.08. The van der Waals surface area contributed by atoms with Crippen LogP contribution in [0.5, 0.6) is 5.75 Å². The van der Waals surface area contributed by atoms with Crippen molar-refractivity contribution in [2.24, 2.45) is 4.99 Å². The Bertz CT molecular complexity index is 505. The molecule has 0 unspecified atom stereocenters. The molecular weight excluding hydrogens is 274 g/mol. The molecule has 1 saturated carbocycles. The van der Waals surface area contributed by atoms with Gasteiger partial charge in [0.05, 0.1) is 7.11 Å². The Labute approximate surface area is 134 Å². The van der Waals surface area contributed by atoms with Crippen molar-refractivity contribution in [2.45, 2.75) is 51.0 Å². The second-order valence-electron chi connectivity index (χ2n) is 6.44. The zero-order valence-electron chi connectivity index (χ0n) is 14.3. The Morgan fingerprint density at radius 2 is 2.05 bits per heavy atom. The van der Waals surface area contributed by atoms with E-state index in [2.05, 4.69) is 47.7 Å². The number of rotatable bonds is 5. The van der Waals surface area contributed by atoms with Gasteiger partial charge in [0.2, 0.25) is 0 Å². The minimum absolute atomic E-state index is 0.184. The summed E-state index contributed by atoms with van der Waals surface area (Å²) in [5, 5.41) is 6.88. The number of nitrogens with one attached hydrogen (secondary N) is 2. The lowest BCUT2D eigenvalue weighted by molar-refractivity contribution is 0.404. The van der Waals surface area contributed by atoms with Crippen LogP contribution in [0.3, 0.4) is 0 Å². The van der Waals surface area contributed by atoms with E-state index in [0.717, 1.165) is 18.3 Å². The molecule has 0 aliphatic heterocycles. The molecule has 1 aromatic rings. The van der Waals surface area contributed by atoms with Gasteiger partial charge in [0.25, 0.3) is 0 Å². The van der Waals surface area contributed by atoms with E-state index < -0.39 is 0 Å². The van der Waals surface area contributed by atoms with Crippen LogP contribution in [0.15, 0.2) is 29.3 Å². The lowest BCUT2D eigenvalue weighted by Gasteiger charge is -2.31. The fourth-order valence-electron chi connectivity index (χ4n) is 3.29. The molecule has 0 heterocycles. The van der Waals surface area contributed by atoms with Crippen LogP contribution in [0.25, 0.3) is 0 Å². The highest BCUT2D eigenvalue weighted by atomic mass is 16.5. The van der Waals surface area contributed by atoms with Crippen LogP contribution in [0, 0.1) is 0 Å². The van der Waals surface area contributed by atoms with E-state index in [1.54, 1.807) is 7.11 Å². The van der Waals surface area contributed by atoms with Crippen molar-refractivity contribution in [3.05, 3.63) is 29.8 Å². The summed E-state index contributed by atoms with van der Waals surface area (Å²) in [6.45, 7) is 5.16. The molecule has 2 N–H and O–H groups in total. The largest absolute Gasteiger partial charge is 0.497 e.